The van der Waals surface area contributed by atoms with E-state index >= 15 is 0 Å². The first-order valence-corrected chi connectivity index (χ1v) is 9.92. The van der Waals surface area contributed by atoms with Gasteiger partial charge in [0.2, 0.25) is 0 Å². The molecular formula is C14H30N4O3P+. The molecule has 0 bridgehead atoms. The van der Waals surface area contributed by atoms with E-state index in [9.17, 15) is 0 Å². The molecule has 3 rings (SSSR count). The Kier molecular flexibility index (Phi) is 6.03. The van der Waals surface area contributed by atoms with E-state index in [0.29, 0.717) is 0 Å². The zero-order valence-electron chi connectivity index (χ0n) is 13.9. The van der Waals surface area contributed by atoms with Gasteiger partial charge in [0.1, 0.15) is 0 Å². The van der Waals surface area contributed by atoms with Crippen molar-refractivity contribution in [3.63, 3.8) is 0 Å². The molecule has 7 nitrogen and oxygen atoms in total. The van der Waals surface area contributed by atoms with Gasteiger partial charge in [-0.25, -0.2) is 0 Å². The Morgan fingerprint density at radius 1 is 0.591 bits per heavy atom. The van der Waals surface area contributed by atoms with Gasteiger partial charge in [0.15, 0.2) is 0 Å². The molecular weight excluding hydrogens is 303 g/mol. The Morgan fingerprint density at radius 2 is 0.864 bits per heavy atom. The van der Waals surface area contributed by atoms with E-state index in [1.807, 2.05) is 0 Å². The van der Waals surface area contributed by atoms with E-state index < -0.39 is 7.87 Å². The molecule has 8 heteroatoms. The molecule has 3 aliphatic rings. The van der Waals surface area contributed by atoms with Crippen LogP contribution >= 0.6 is 7.87 Å². The molecule has 0 aromatic heterocycles. The highest BCUT2D eigenvalue weighted by atomic mass is 31.2. The lowest BCUT2D eigenvalue weighted by Crippen LogP contribution is -2.57. The first-order valence-electron chi connectivity index (χ1n) is 8.32. The average molecular weight is 333 g/mol. The third-order valence-corrected chi connectivity index (χ3v) is 9.19. The van der Waals surface area contributed by atoms with Crippen LogP contribution in [0.2, 0.25) is 0 Å². The van der Waals surface area contributed by atoms with Gasteiger partial charge < -0.3 is 14.2 Å². The summed E-state index contributed by atoms with van der Waals surface area (Å²) in [5.41, 5.74) is 0. The molecule has 3 saturated heterocycles. The summed E-state index contributed by atoms with van der Waals surface area (Å²) in [6.45, 7) is 11.1. The summed E-state index contributed by atoms with van der Waals surface area (Å²) in [7, 11) is 2.79. The summed E-state index contributed by atoms with van der Waals surface area (Å²) >= 11 is 0. The third kappa shape index (κ3) is 3.19. The van der Waals surface area contributed by atoms with Gasteiger partial charge in [-0.15, -0.1) is 18.7 Å². The fraction of sp³-hybridized carbons (Fsp3) is 1.00. The van der Waals surface area contributed by atoms with Crippen molar-refractivity contribution < 1.29 is 14.2 Å². The molecule has 0 aromatic carbocycles. The maximum absolute atomic E-state index is 5.62. The highest BCUT2D eigenvalue weighted by Crippen LogP contribution is 2.69. The molecule has 0 aliphatic carbocycles. The van der Waals surface area contributed by atoms with Crippen molar-refractivity contribution in [3.8, 4) is 0 Å². The number of ether oxygens (including phenoxy) is 3. The Morgan fingerprint density at radius 3 is 1.09 bits per heavy atom. The number of morpholine rings is 3. The molecule has 0 amide bonds. The van der Waals surface area contributed by atoms with Gasteiger partial charge in [-0.05, 0) is 0 Å². The number of rotatable bonds is 4. The zero-order chi connectivity index (χ0) is 15.4. The Bertz CT molecular complexity index is 297. The van der Waals surface area contributed by atoms with Crippen LogP contribution in [0.3, 0.4) is 0 Å². The topological polar surface area (TPSA) is 40.7 Å². The van der Waals surface area contributed by atoms with Crippen LogP contribution in [-0.4, -0.2) is 112 Å². The van der Waals surface area contributed by atoms with Gasteiger partial charge in [-0.3, -0.25) is 0 Å². The van der Waals surface area contributed by atoms with Crippen LogP contribution in [0.15, 0.2) is 0 Å². The maximum atomic E-state index is 5.62. The molecule has 0 atom stereocenters. The summed E-state index contributed by atoms with van der Waals surface area (Å²) in [4.78, 5) is 0. The van der Waals surface area contributed by atoms with Crippen molar-refractivity contribution in [2.24, 2.45) is 0 Å². The van der Waals surface area contributed by atoms with Gasteiger partial charge in [-0.2, -0.15) is 0 Å². The molecule has 22 heavy (non-hydrogen) atoms. The lowest BCUT2D eigenvalue weighted by molar-refractivity contribution is 0.0283. The predicted molar refractivity (Wildman–Crippen MR) is 87.8 cm³/mol. The molecule has 0 radical (unpaired) electrons. The van der Waals surface area contributed by atoms with Crippen molar-refractivity contribution in [2.75, 3.05) is 93.0 Å². The van der Waals surface area contributed by atoms with E-state index in [1.54, 1.807) is 0 Å². The van der Waals surface area contributed by atoms with Crippen LogP contribution in [0.4, 0.5) is 0 Å². The van der Waals surface area contributed by atoms with E-state index in [2.05, 4.69) is 32.8 Å². The van der Waals surface area contributed by atoms with Crippen LogP contribution in [-0.2, 0) is 14.2 Å². The molecule has 3 fully saturated rings. The largest absolute Gasteiger partial charge is 0.378 e. The van der Waals surface area contributed by atoms with Gasteiger partial charge in [0.05, 0.1) is 78.9 Å². The second-order valence-corrected chi connectivity index (χ2v) is 9.65. The van der Waals surface area contributed by atoms with Gasteiger partial charge in [0, 0.05) is 14.1 Å². The average Bonchev–Trinajstić information content (AvgIpc) is 2.58. The molecule has 0 spiro atoms. The van der Waals surface area contributed by atoms with Crippen molar-refractivity contribution >= 4 is 7.87 Å². The minimum atomic E-state index is -1.70. The Hall–Kier alpha value is 0.150. The second kappa shape index (κ2) is 7.81. The number of nitrogens with zero attached hydrogens (tertiary/aromatic N) is 4. The summed E-state index contributed by atoms with van der Waals surface area (Å²) in [6, 6.07) is 0. The Balaban J connectivity index is 1.92. The molecule has 0 aromatic rings. The van der Waals surface area contributed by atoms with Gasteiger partial charge in [0.25, 0.3) is 0 Å². The quantitative estimate of drug-likeness (QED) is 0.682. The van der Waals surface area contributed by atoms with Crippen LogP contribution in [0.25, 0.3) is 0 Å². The molecule has 0 N–H and O–H groups in total. The summed E-state index contributed by atoms with van der Waals surface area (Å²) in [5, 5.41) is 0. The lowest BCUT2D eigenvalue weighted by atomic mass is 10.5. The van der Waals surface area contributed by atoms with Crippen molar-refractivity contribution in [1.29, 1.82) is 0 Å². The third-order valence-electron chi connectivity index (χ3n) is 4.64. The van der Waals surface area contributed by atoms with Crippen LogP contribution in [0, 0.1) is 0 Å². The summed E-state index contributed by atoms with van der Waals surface area (Å²) in [6.07, 6.45) is 0. The van der Waals surface area contributed by atoms with Gasteiger partial charge in [-0.1, -0.05) is 0 Å². The first kappa shape index (κ1) is 17.0. The van der Waals surface area contributed by atoms with E-state index in [1.165, 1.54) is 0 Å². The van der Waals surface area contributed by atoms with Gasteiger partial charge >= 0.3 is 7.87 Å². The van der Waals surface area contributed by atoms with E-state index in [4.69, 9.17) is 14.2 Å². The standard InChI is InChI=1S/C14H30N4O3P/c1-15(2)22(16-3-9-19-10-4-16,17-5-11-20-12-6-17)18-7-13-21-14-8-18/h3-14H2,1-2H3/q+1. The van der Waals surface area contributed by atoms with Crippen LogP contribution in [0.5, 0.6) is 0 Å². The van der Waals surface area contributed by atoms with Crippen molar-refractivity contribution in [3.05, 3.63) is 0 Å². The van der Waals surface area contributed by atoms with Crippen LogP contribution in [0.1, 0.15) is 0 Å². The smallest absolute Gasteiger partial charge is 0.308 e. The van der Waals surface area contributed by atoms with Crippen molar-refractivity contribution in [1.82, 2.24) is 18.7 Å². The predicted octanol–water partition coefficient (Wildman–Crippen LogP) is 0.222. The highest BCUT2D eigenvalue weighted by molar-refractivity contribution is 7.66. The first-order chi connectivity index (χ1) is 10.8. The van der Waals surface area contributed by atoms with E-state index in [-0.39, 0.29) is 0 Å². The molecule has 3 aliphatic heterocycles. The van der Waals surface area contributed by atoms with Crippen molar-refractivity contribution in [2.45, 2.75) is 0 Å². The van der Waals surface area contributed by atoms with Crippen LogP contribution < -0.4 is 0 Å². The lowest BCUT2D eigenvalue weighted by Gasteiger charge is -2.51. The van der Waals surface area contributed by atoms with E-state index in [0.717, 1.165) is 78.9 Å². The Labute approximate surface area is 134 Å². The molecule has 0 unspecified atom stereocenters. The second-order valence-electron chi connectivity index (χ2n) is 6.08. The normalized spacial score (nSPS) is 27.4. The number of hydrogen-bond donors (Lipinski definition) is 0. The number of hydrogen-bond acceptors (Lipinski definition) is 7. The fourth-order valence-corrected chi connectivity index (χ4v) is 8.45. The molecule has 0 saturated carbocycles. The monoisotopic (exact) mass is 333 g/mol. The maximum Gasteiger partial charge on any atom is 0.308 e. The fourth-order valence-electron chi connectivity index (χ4n) is 3.76. The minimum Gasteiger partial charge on any atom is -0.378 e. The molecule has 3 heterocycles. The highest BCUT2D eigenvalue weighted by Gasteiger charge is 2.60. The minimum absolute atomic E-state index is 0.838. The summed E-state index contributed by atoms with van der Waals surface area (Å²) < 4.78 is 27.4. The SMILES string of the molecule is CN(C)[P+](N1CCOCC1)(N1CCOCC1)N1CCOCC1. The summed E-state index contributed by atoms with van der Waals surface area (Å²) in [5.74, 6) is 0. The molecule has 128 valence electrons. The zero-order valence-corrected chi connectivity index (χ0v) is 14.8.